The third-order valence-corrected chi connectivity index (χ3v) is 9.09. The quantitative estimate of drug-likeness (QED) is 0.541. The second kappa shape index (κ2) is 9.19. The number of fused-ring (bicyclic) bond motifs is 1. The topological polar surface area (TPSA) is 70.6 Å². The molecule has 170 valence electrons. The molecule has 0 radical (unpaired) electrons. The lowest BCUT2D eigenvalue weighted by Gasteiger charge is -2.34. The SMILES string of the molecule is Cc1ccc(S(=O)(=O)CCCC(=O)N2CCN(c3nc4c(C)ccc(C)c4s3)CC2)cc1. The fraction of sp³-hybridized carbons (Fsp3) is 0.417. The molecule has 2 heterocycles. The number of nitrogens with zero attached hydrogens (tertiary/aromatic N) is 3. The summed E-state index contributed by atoms with van der Waals surface area (Å²) in [6.45, 7) is 8.87. The summed E-state index contributed by atoms with van der Waals surface area (Å²) in [5.74, 6) is 0.0198. The standard InChI is InChI=1S/C24H29N3O3S2/c1-17-6-10-20(11-7-17)32(29,30)16-4-5-21(28)26-12-14-27(15-13-26)24-25-22-18(2)8-9-19(3)23(22)31-24/h6-11H,4-5,12-16H2,1-3H3. The maximum absolute atomic E-state index is 12.6. The lowest BCUT2D eigenvalue weighted by atomic mass is 10.1. The van der Waals surface area contributed by atoms with Crippen molar-refractivity contribution in [3.05, 3.63) is 53.1 Å². The minimum Gasteiger partial charge on any atom is -0.345 e. The Labute approximate surface area is 193 Å². The average Bonchev–Trinajstić information content (AvgIpc) is 3.23. The predicted octanol–water partition coefficient (Wildman–Crippen LogP) is 4.12. The van der Waals surface area contributed by atoms with Gasteiger partial charge < -0.3 is 9.80 Å². The molecule has 1 aromatic heterocycles. The molecule has 6 nitrogen and oxygen atoms in total. The first-order valence-corrected chi connectivity index (χ1v) is 13.4. The first-order chi connectivity index (χ1) is 15.2. The summed E-state index contributed by atoms with van der Waals surface area (Å²) < 4.78 is 26.2. The van der Waals surface area contributed by atoms with Crippen LogP contribution in [0.4, 0.5) is 5.13 Å². The molecule has 1 aliphatic heterocycles. The van der Waals surface area contributed by atoms with Gasteiger partial charge in [0.2, 0.25) is 5.91 Å². The molecule has 0 unspecified atom stereocenters. The number of anilines is 1. The number of rotatable bonds is 6. The number of piperazine rings is 1. The molecule has 1 saturated heterocycles. The average molecular weight is 472 g/mol. The second-order valence-corrected chi connectivity index (χ2v) is 11.6. The largest absolute Gasteiger partial charge is 0.345 e. The van der Waals surface area contributed by atoms with Crippen molar-refractivity contribution in [1.29, 1.82) is 0 Å². The molecule has 2 aromatic carbocycles. The van der Waals surface area contributed by atoms with Gasteiger partial charge in [-0.3, -0.25) is 4.79 Å². The monoisotopic (exact) mass is 471 g/mol. The zero-order valence-corrected chi connectivity index (χ0v) is 20.4. The van der Waals surface area contributed by atoms with E-state index in [1.54, 1.807) is 35.6 Å². The van der Waals surface area contributed by atoms with E-state index in [-0.39, 0.29) is 18.1 Å². The van der Waals surface area contributed by atoms with Gasteiger partial charge in [0.15, 0.2) is 15.0 Å². The third kappa shape index (κ3) is 4.81. The Morgan fingerprint density at radius 2 is 1.62 bits per heavy atom. The molecule has 1 aliphatic rings. The van der Waals surface area contributed by atoms with Crippen molar-refractivity contribution < 1.29 is 13.2 Å². The Bertz CT molecular complexity index is 1190. The van der Waals surface area contributed by atoms with Crippen LogP contribution in [-0.4, -0.2) is 56.1 Å². The van der Waals surface area contributed by atoms with E-state index in [0.717, 1.165) is 29.3 Å². The van der Waals surface area contributed by atoms with Crippen LogP contribution in [0.25, 0.3) is 10.2 Å². The van der Waals surface area contributed by atoms with E-state index in [1.165, 1.54) is 15.8 Å². The number of benzene rings is 2. The highest BCUT2D eigenvalue weighted by molar-refractivity contribution is 7.91. The minimum absolute atomic E-state index is 0.00777. The van der Waals surface area contributed by atoms with Crippen molar-refractivity contribution >= 4 is 42.4 Å². The molecular formula is C24H29N3O3S2. The first-order valence-electron chi connectivity index (χ1n) is 10.9. The van der Waals surface area contributed by atoms with Gasteiger partial charge >= 0.3 is 0 Å². The fourth-order valence-corrected chi connectivity index (χ4v) is 6.44. The molecular weight excluding hydrogens is 442 g/mol. The Hall–Kier alpha value is -2.45. The Kier molecular flexibility index (Phi) is 6.53. The molecule has 1 amide bonds. The molecule has 0 N–H and O–H groups in total. The lowest BCUT2D eigenvalue weighted by Crippen LogP contribution is -2.48. The van der Waals surface area contributed by atoms with Gasteiger partial charge in [0.1, 0.15) is 0 Å². The Balaban J connectivity index is 1.30. The second-order valence-electron chi connectivity index (χ2n) is 8.48. The zero-order valence-electron chi connectivity index (χ0n) is 18.8. The fourth-order valence-electron chi connectivity index (χ4n) is 3.97. The normalized spacial score (nSPS) is 14.8. The van der Waals surface area contributed by atoms with Gasteiger partial charge in [0, 0.05) is 32.6 Å². The smallest absolute Gasteiger partial charge is 0.222 e. The maximum atomic E-state index is 12.6. The Morgan fingerprint density at radius 1 is 0.969 bits per heavy atom. The number of hydrogen-bond acceptors (Lipinski definition) is 6. The highest BCUT2D eigenvalue weighted by atomic mass is 32.2. The number of carbonyl (C=O) groups is 1. The molecule has 1 fully saturated rings. The van der Waals surface area contributed by atoms with E-state index in [4.69, 9.17) is 4.98 Å². The summed E-state index contributed by atoms with van der Waals surface area (Å²) in [4.78, 5) is 21.9. The van der Waals surface area contributed by atoms with Gasteiger partial charge in [-0.05, 0) is 50.5 Å². The summed E-state index contributed by atoms with van der Waals surface area (Å²) in [6, 6.07) is 11.1. The van der Waals surface area contributed by atoms with Crippen LogP contribution in [0.5, 0.6) is 0 Å². The highest BCUT2D eigenvalue weighted by Gasteiger charge is 2.24. The van der Waals surface area contributed by atoms with Crippen molar-refractivity contribution in [2.45, 2.75) is 38.5 Å². The van der Waals surface area contributed by atoms with Gasteiger partial charge in [-0.1, -0.05) is 41.2 Å². The van der Waals surface area contributed by atoms with Gasteiger partial charge in [0.05, 0.1) is 20.9 Å². The molecule has 0 spiro atoms. The van der Waals surface area contributed by atoms with Crippen molar-refractivity contribution in [3.63, 3.8) is 0 Å². The molecule has 4 rings (SSSR count). The summed E-state index contributed by atoms with van der Waals surface area (Å²) in [5, 5.41) is 1.01. The van der Waals surface area contributed by atoms with Crippen molar-refractivity contribution in [3.8, 4) is 0 Å². The van der Waals surface area contributed by atoms with Crippen LogP contribution >= 0.6 is 11.3 Å². The molecule has 3 aromatic rings. The minimum atomic E-state index is -3.35. The van der Waals surface area contributed by atoms with Crippen LogP contribution in [0.1, 0.15) is 29.5 Å². The third-order valence-electron chi connectivity index (χ3n) is 6.02. The maximum Gasteiger partial charge on any atom is 0.222 e. The van der Waals surface area contributed by atoms with E-state index in [9.17, 15) is 13.2 Å². The van der Waals surface area contributed by atoms with E-state index in [2.05, 4.69) is 30.9 Å². The number of aryl methyl sites for hydroxylation is 3. The molecule has 32 heavy (non-hydrogen) atoms. The number of aromatic nitrogens is 1. The van der Waals surface area contributed by atoms with Crippen LogP contribution in [-0.2, 0) is 14.6 Å². The van der Waals surface area contributed by atoms with Crippen molar-refractivity contribution in [2.24, 2.45) is 0 Å². The number of carbonyl (C=O) groups excluding carboxylic acids is 1. The van der Waals surface area contributed by atoms with Gasteiger partial charge in [-0.2, -0.15) is 0 Å². The van der Waals surface area contributed by atoms with Gasteiger partial charge in [0.25, 0.3) is 0 Å². The van der Waals surface area contributed by atoms with E-state index in [0.29, 0.717) is 24.4 Å². The molecule has 0 aliphatic carbocycles. The highest BCUT2D eigenvalue weighted by Crippen LogP contribution is 2.33. The van der Waals surface area contributed by atoms with Crippen molar-refractivity contribution in [2.75, 3.05) is 36.8 Å². The van der Waals surface area contributed by atoms with Crippen molar-refractivity contribution in [1.82, 2.24) is 9.88 Å². The molecule has 0 atom stereocenters. The molecule has 8 heteroatoms. The van der Waals surface area contributed by atoms with Crippen LogP contribution in [0.3, 0.4) is 0 Å². The Morgan fingerprint density at radius 3 is 2.28 bits per heavy atom. The number of sulfone groups is 1. The predicted molar refractivity (Wildman–Crippen MR) is 130 cm³/mol. The summed E-state index contributed by atoms with van der Waals surface area (Å²) >= 11 is 1.71. The van der Waals surface area contributed by atoms with Gasteiger partial charge in [-0.25, -0.2) is 13.4 Å². The van der Waals surface area contributed by atoms with E-state index in [1.807, 2.05) is 11.8 Å². The summed E-state index contributed by atoms with van der Waals surface area (Å²) in [5.41, 5.74) is 4.51. The summed E-state index contributed by atoms with van der Waals surface area (Å²) in [6.07, 6.45) is 0.594. The first kappa shape index (κ1) is 22.7. The lowest BCUT2D eigenvalue weighted by molar-refractivity contribution is -0.131. The van der Waals surface area contributed by atoms with E-state index < -0.39 is 9.84 Å². The number of thiazole rings is 1. The van der Waals surface area contributed by atoms with Crippen LogP contribution in [0.15, 0.2) is 41.3 Å². The number of amides is 1. The van der Waals surface area contributed by atoms with Crippen LogP contribution in [0.2, 0.25) is 0 Å². The van der Waals surface area contributed by atoms with Gasteiger partial charge in [-0.15, -0.1) is 0 Å². The summed E-state index contributed by atoms with van der Waals surface area (Å²) in [7, 11) is -3.35. The van der Waals surface area contributed by atoms with Crippen LogP contribution < -0.4 is 4.90 Å². The molecule has 0 bridgehead atoms. The number of hydrogen-bond donors (Lipinski definition) is 0. The molecule has 0 saturated carbocycles. The zero-order chi connectivity index (χ0) is 22.9. The van der Waals surface area contributed by atoms with E-state index >= 15 is 0 Å². The van der Waals surface area contributed by atoms with Crippen LogP contribution in [0, 0.1) is 20.8 Å².